The summed E-state index contributed by atoms with van der Waals surface area (Å²) in [6, 6.07) is 16.2. The zero-order valence-corrected chi connectivity index (χ0v) is 21.8. The van der Waals surface area contributed by atoms with E-state index >= 15 is 0 Å². The molecule has 0 atom stereocenters. The zero-order valence-electron chi connectivity index (χ0n) is 19.4. The third kappa shape index (κ3) is 5.60. The molecule has 2 aromatic heterocycles. The first kappa shape index (κ1) is 24.0. The lowest BCUT2D eigenvalue weighted by Crippen LogP contribution is -2.36. The van der Waals surface area contributed by atoms with E-state index in [4.69, 9.17) is 11.6 Å². The van der Waals surface area contributed by atoms with Crippen molar-refractivity contribution in [3.8, 4) is 17.1 Å². The summed E-state index contributed by atoms with van der Waals surface area (Å²) in [5, 5.41) is 16.2. The highest BCUT2D eigenvalue weighted by atomic mass is 35.5. The standard InChI is InChI=1S/C26H26ClN5OS2/c1-17-11-13-19(14-12-17)32-24(20-9-5-6-10-21(20)27)30-31-26(32)35-16-23-29-22(15-34-23)25(33)28-18-7-3-2-4-8-18/h5-6,9-15,18H,2-4,7-8,16H2,1H3,(H,28,33). The number of benzene rings is 2. The molecule has 0 spiro atoms. The second kappa shape index (κ2) is 10.9. The Morgan fingerprint density at radius 3 is 2.66 bits per heavy atom. The summed E-state index contributed by atoms with van der Waals surface area (Å²) >= 11 is 9.53. The van der Waals surface area contributed by atoms with Crippen molar-refractivity contribution in [1.29, 1.82) is 0 Å². The SMILES string of the molecule is Cc1ccc(-n2c(SCc3nc(C(=O)NC4CCCCC4)cs3)nnc2-c2ccccc2Cl)cc1. The van der Waals surface area contributed by atoms with Crippen molar-refractivity contribution in [2.75, 3.05) is 0 Å². The summed E-state index contributed by atoms with van der Waals surface area (Å²) < 4.78 is 2.02. The maximum absolute atomic E-state index is 12.6. The van der Waals surface area contributed by atoms with Crippen LogP contribution in [0.15, 0.2) is 59.1 Å². The van der Waals surface area contributed by atoms with Gasteiger partial charge in [0.25, 0.3) is 5.91 Å². The molecule has 9 heteroatoms. The number of thioether (sulfide) groups is 1. The molecule has 0 bridgehead atoms. The second-order valence-corrected chi connectivity index (χ2v) is 11.0. The van der Waals surface area contributed by atoms with Crippen LogP contribution in [-0.2, 0) is 5.75 Å². The van der Waals surface area contributed by atoms with E-state index in [9.17, 15) is 4.79 Å². The number of hydrogen-bond acceptors (Lipinski definition) is 6. The minimum Gasteiger partial charge on any atom is -0.348 e. The molecule has 0 saturated heterocycles. The molecule has 2 aromatic carbocycles. The molecule has 180 valence electrons. The van der Waals surface area contributed by atoms with Gasteiger partial charge in [-0.25, -0.2) is 4.98 Å². The van der Waals surface area contributed by atoms with E-state index in [0.717, 1.165) is 34.3 Å². The Balaban J connectivity index is 1.36. The molecule has 6 nitrogen and oxygen atoms in total. The number of nitrogens with one attached hydrogen (secondary N) is 1. The molecule has 1 aliphatic rings. The fourth-order valence-electron chi connectivity index (χ4n) is 4.22. The van der Waals surface area contributed by atoms with Crippen LogP contribution in [0.5, 0.6) is 0 Å². The minimum absolute atomic E-state index is 0.0757. The average molecular weight is 524 g/mol. The van der Waals surface area contributed by atoms with Crippen LogP contribution in [0.1, 0.15) is 53.2 Å². The Hall–Kier alpha value is -2.68. The van der Waals surface area contributed by atoms with E-state index in [1.54, 1.807) is 11.8 Å². The molecule has 0 radical (unpaired) electrons. The number of aryl methyl sites for hydroxylation is 1. The number of halogens is 1. The van der Waals surface area contributed by atoms with Gasteiger partial charge in [0.1, 0.15) is 10.7 Å². The maximum Gasteiger partial charge on any atom is 0.270 e. The van der Waals surface area contributed by atoms with E-state index in [0.29, 0.717) is 22.3 Å². The van der Waals surface area contributed by atoms with Gasteiger partial charge < -0.3 is 5.32 Å². The normalized spacial score (nSPS) is 14.2. The van der Waals surface area contributed by atoms with Crippen LogP contribution in [0.3, 0.4) is 0 Å². The zero-order chi connectivity index (χ0) is 24.2. The first-order valence-electron chi connectivity index (χ1n) is 11.7. The van der Waals surface area contributed by atoms with Crippen LogP contribution >= 0.6 is 34.7 Å². The fraction of sp³-hybridized carbons (Fsp3) is 0.308. The molecule has 35 heavy (non-hydrogen) atoms. The topological polar surface area (TPSA) is 72.7 Å². The molecular weight excluding hydrogens is 498 g/mol. The Kier molecular flexibility index (Phi) is 7.51. The minimum atomic E-state index is -0.0757. The third-order valence-corrected chi connectivity index (χ3v) is 8.39. The van der Waals surface area contributed by atoms with Crippen molar-refractivity contribution in [2.24, 2.45) is 0 Å². The highest BCUT2D eigenvalue weighted by Crippen LogP contribution is 2.33. The number of carbonyl (C=O) groups is 1. The maximum atomic E-state index is 12.6. The van der Waals surface area contributed by atoms with Gasteiger partial charge in [0.05, 0.1) is 10.8 Å². The first-order chi connectivity index (χ1) is 17.1. The first-order valence-corrected chi connectivity index (χ1v) is 14.0. The van der Waals surface area contributed by atoms with Crippen LogP contribution in [-0.4, -0.2) is 31.7 Å². The Labute approximate surface area is 218 Å². The lowest BCUT2D eigenvalue weighted by atomic mass is 9.95. The molecule has 1 amide bonds. The lowest BCUT2D eigenvalue weighted by molar-refractivity contribution is 0.0923. The van der Waals surface area contributed by atoms with Crippen LogP contribution in [0.4, 0.5) is 0 Å². The molecule has 5 rings (SSSR count). The van der Waals surface area contributed by atoms with Gasteiger partial charge in [0.15, 0.2) is 11.0 Å². The van der Waals surface area contributed by atoms with E-state index in [2.05, 4.69) is 51.7 Å². The lowest BCUT2D eigenvalue weighted by Gasteiger charge is -2.22. The van der Waals surface area contributed by atoms with Crippen molar-refractivity contribution in [3.05, 3.63) is 75.2 Å². The van der Waals surface area contributed by atoms with E-state index < -0.39 is 0 Å². The Morgan fingerprint density at radius 1 is 1.11 bits per heavy atom. The highest BCUT2D eigenvalue weighted by Gasteiger charge is 2.20. The number of nitrogens with zero attached hydrogens (tertiary/aromatic N) is 4. The number of carbonyl (C=O) groups excluding carboxylic acids is 1. The molecule has 1 aliphatic carbocycles. The summed E-state index contributed by atoms with van der Waals surface area (Å²) in [6.45, 7) is 2.06. The fourth-order valence-corrected chi connectivity index (χ4v) is 6.19. The van der Waals surface area contributed by atoms with Gasteiger partial charge in [-0.2, -0.15) is 0 Å². The molecule has 4 aromatic rings. The number of thiazole rings is 1. The molecule has 0 aliphatic heterocycles. The van der Waals surface area contributed by atoms with Gasteiger partial charge in [-0.15, -0.1) is 21.5 Å². The van der Waals surface area contributed by atoms with E-state index in [-0.39, 0.29) is 11.9 Å². The average Bonchev–Trinajstić information content (AvgIpc) is 3.52. The van der Waals surface area contributed by atoms with Gasteiger partial charge in [-0.05, 0) is 44.0 Å². The van der Waals surface area contributed by atoms with Gasteiger partial charge in [0.2, 0.25) is 0 Å². The van der Waals surface area contributed by atoms with Crippen LogP contribution in [0, 0.1) is 6.92 Å². The predicted octanol–water partition coefficient (Wildman–Crippen LogP) is 6.71. The quantitative estimate of drug-likeness (QED) is 0.273. The van der Waals surface area contributed by atoms with Crippen molar-refractivity contribution < 1.29 is 4.79 Å². The number of rotatable bonds is 7. The number of aromatic nitrogens is 4. The predicted molar refractivity (Wildman–Crippen MR) is 143 cm³/mol. The smallest absolute Gasteiger partial charge is 0.270 e. The van der Waals surface area contributed by atoms with Crippen LogP contribution in [0.25, 0.3) is 17.1 Å². The molecule has 1 fully saturated rings. The summed E-state index contributed by atoms with van der Waals surface area (Å²) in [7, 11) is 0. The van der Waals surface area contributed by atoms with Crippen LogP contribution < -0.4 is 5.32 Å². The Morgan fingerprint density at radius 2 is 1.89 bits per heavy atom. The molecule has 0 unspecified atom stereocenters. The third-order valence-electron chi connectivity index (χ3n) is 6.09. The second-order valence-electron chi connectivity index (χ2n) is 8.68. The summed E-state index contributed by atoms with van der Waals surface area (Å²) in [5.41, 5.74) is 3.46. The molecular formula is C26H26ClN5OS2. The number of hydrogen-bond donors (Lipinski definition) is 1. The van der Waals surface area contributed by atoms with Gasteiger partial charge >= 0.3 is 0 Å². The van der Waals surface area contributed by atoms with Crippen LogP contribution in [0.2, 0.25) is 5.02 Å². The van der Waals surface area contributed by atoms with Crippen molar-refractivity contribution in [2.45, 2.75) is 56.0 Å². The van der Waals surface area contributed by atoms with Crippen molar-refractivity contribution in [1.82, 2.24) is 25.1 Å². The van der Waals surface area contributed by atoms with E-state index in [1.165, 1.54) is 36.2 Å². The molecule has 1 N–H and O–H groups in total. The summed E-state index contributed by atoms with van der Waals surface area (Å²) in [4.78, 5) is 17.2. The Bertz CT molecular complexity index is 1310. The largest absolute Gasteiger partial charge is 0.348 e. The van der Waals surface area contributed by atoms with Gasteiger partial charge in [0, 0.05) is 22.7 Å². The van der Waals surface area contributed by atoms with E-state index in [1.807, 2.05) is 34.2 Å². The molecule has 2 heterocycles. The monoisotopic (exact) mass is 523 g/mol. The summed E-state index contributed by atoms with van der Waals surface area (Å²) in [6.07, 6.45) is 5.74. The van der Waals surface area contributed by atoms with Crippen molar-refractivity contribution >= 4 is 40.6 Å². The number of amides is 1. The molecule has 1 saturated carbocycles. The highest BCUT2D eigenvalue weighted by molar-refractivity contribution is 7.98. The van der Waals surface area contributed by atoms with Gasteiger partial charge in [-0.1, -0.05) is 72.5 Å². The summed E-state index contributed by atoms with van der Waals surface area (Å²) in [5.74, 6) is 1.20. The van der Waals surface area contributed by atoms with Crippen molar-refractivity contribution in [3.63, 3.8) is 0 Å². The van der Waals surface area contributed by atoms with Gasteiger partial charge in [-0.3, -0.25) is 9.36 Å².